The third-order valence-corrected chi connectivity index (χ3v) is 8.23. The van der Waals surface area contributed by atoms with Gasteiger partial charge in [0, 0.05) is 36.0 Å². The summed E-state index contributed by atoms with van der Waals surface area (Å²) in [7, 11) is 2.98. The molecule has 1 aliphatic heterocycles. The van der Waals surface area contributed by atoms with Crippen LogP contribution in [0.1, 0.15) is 38.7 Å². The molecule has 4 N–H and O–H groups in total. The Balaban J connectivity index is 1.45. The van der Waals surface area contributed by atoms with Crippen molar-refractivity contribution >= 4 is 34.9 Å². The lowest BCUT2D eigenvalue weighted by Crippen LogP contribution is -2.30. The van der Waals surface area contributed by atoms with E-state index in [1.165, 1.54) is 20.3 Å². The van der Waals surface area contributed by atoms with Crippen LogP contribution in [0.5, 0.6) is 11.5 Å². The number of carbonyl (C=O) groups is 1. The first-order valence-electron chi connectivity index (χ1n) is 13.1. The van der Waals surface area contributed by atoms with E-state index in [4.69, 9.17) is 20.9 Å². The number of hydrogen-bond acceptors (Lipinski definition) is 10. The van der Waals surface area contributed by atoms with Crippen LogP contribution in [0.4, 0.5) is 11.8 Å². The fourth-order valence-electron chi connectivity index (χ4n) is 4.73. The summed E-state index contributed by atoms with van der Waals surface area (Å²) < 4.78 is 24.4. The maximum absolute atomic E-state index is 13.6. The van der Waals surface area contributed by atoms with Gasteiger partial charge in [0.05, 0.1) is 26.0 Å². The van der Waals surface area contributed by atoms with Crippen molar-refractivity contribution in [3.63, 3.8) is 0 Å². The third kappa shape index (κ3) is 6.22. The quantitative estimate of drug-likeness (QED) is 0.160. The molecule has 42 heavy (non-hydrogen) atoms. The van der Waals surface area contributed by atoms with Crippen molar-refractivity contribution in [1.29, 1.82) is 0 Å². The van der Waals surface area contributed by atoms with Crippen LogP contribution < -0.4 is 20.9 Å². The molecule has 3 aromatic carbocycles. The third-order valence-electron chi connectivity index (χ3n) is 6.81. The van der Waals surface area contributed by atoms with Gasteiger partial charge >= 0.3 is 0 Å². The van der Waals surface area contributed by atoms with Crippen LogP contribution in [-0.2, 0) is 17.6 Å². The highest BCUT2D eigenvalue weighted by atomic mass is 32.2. The zero-order valence-electron chi connectivity index (χ0n) is 23.1. The van der Waals surface area contributed by atoms with Crippen LogP contribution in [0.15, 0.2) is 95.2 Å². The Kier molecular flexibility index (Phi) is 8.70. The Bertz CT molecular complexity index is 1650. The minimum absolute atomic E-state index is 0.0819. The number of ether oxygens (including phenoxy) is 2. The lowest BCUT2D eigenvalue weighted by atomic mass is 9.99. The fraction of sp³-hybridized carbons (Fsp3) is 0.161. The van der Waals surface area contributed by atoms with E-state index in [1.807, 2.05) is 54.6 Å². The topological polar surface area (TPSA) is 152 Å². The van der Waals surface area contributed by atoms with Crippen LogP contribution in [-0.4, -0.2) is 51.5 Å². The van der Waals surface area contributed by atoms with Gasteiger partial charge in [-0.05, 0) is 46.6 Å². The number of nitrogen functional groups attached to an aromatic ring is 2. The van der Waals surface area contributed by atoms with Crippen molar-refractivity contribution in [2.24, 2.45) is 5.10 Å². The van der Waals surface area contributed by atoms with Crippen LogP contribution in [0, 0.1) is 0 Å². The van der Waals surface area contributed by atoms with Crippen LogP contribution in [0.3, 0.4) is 0 Å². The van der Waals surface area contributed by atoms with Crippen molar-refractivity contribution in [2.75, 3.05) is 31.4 Å². The van der Waals surface area contributed by atoms with E-state index < -0.39 is 11.2 Å². The van der Waals surface area contributed by atoms with Crippen molar-refractivity contribution in [1.82, 2.24) is 15.0 Å². The first-order valence-corrected chi connectivity index (χ1v) is 14.4. The normalized spacial score (nSPS) is 14.9. The molecule has 4 aromatic rings. The molecule has 11 heteroatoms. The minimum Gasteiger partial charge on any atom is -0.611 e. The molecule has 0 fully saturated rings. The lowest BCUT2D eigenvalue weighted by molar-refractivity contribution is 0.104. The van der Waals surface area contributed by atoms with Crippen molar-refractivity contribution in [2.45, 2.75) is 17.4 Å². The molecule has 2 heterocycles. The van der Waals surface area contributed by atoms with Crippen LogP contribution >= 0.6 is 0 Å². The maximum Gasteiger partial charge on any atom is 0.221 e. The molecule has 10 nitrogen and oxygen atoms in total. The van der Waals surface area contributed by atoms with Gasteiger partial charge in [0.2, 0.25) is 5.95 Å². The molecule has 0 spiro atoms. The highest BCUT2D eigenvalue weighted by molar-refractivity contribution is 7.91. The molecule has 214 valence electrons. The number of carbonyl (C=O) groups excluding carboxylic acids is 1. The smallest absolute Gasteiger partial charge is 0.221 e. The molecule has 2 atom stereocenters. The summed E-state index contributed by atoms with van der Waals surface area (Å²) in [6.07, 6.45) is 6.66. The summed E-state index contributed by atoms with van der Waals surface area (Å²) in [6, 6.07) is 20.3. The highest BCUT2D eigenvalue weighted by Gasteiger charge is 2.29. The number of benzene rings is 3. The number of allylic oxidation sites excluding steroid dienone is 1. The van der Waals surface area contributed by atoms with Crippen molar-refractivity contribution in [3.8, 4) is 11.5 Å². The fourth-order valence-corrected chi connectivity index (χ4v) is 6.01. The maximum atomic E-state index is 13.6. The van der Waals surface area contributed by atoms with Gasteiger partial charge in [0.1, 0.15) is 17.6 Å². The summed E-state index contributed by atoms with van der Waals surface area (Å²) in [5.74, 6) is 0.986. The number of hydrogen-bond donors (Lipinski definition) is 2. The summed E-state index contributed by atoms with van der Waals surface area (Å²) in [5, 5.41) is 6.24. The summed E-state index contributed by atoms with van der Waals surface area (Å²) >= 11 is -1.29. The second-order valence-corrected chi connectivity index (χ2v) is 11.0. The number of nitrogens with two attached hydrogens (primary N) is 2. The molecular formula is C31H30N6O4S. The Labute approximate surface area is 246 Å². The molecule has 1 aliphatic rings. The average Bonchev–Trinajstić information content (AvgIpc) is 3.01. The number of nitrogens with zero attached hydrogens (tertiary/aromatic N) is 4. The number of rotatable bonds is 10. The first kappa shape index (κ1) is 28.7. The van der Waals surface area contributed by atoms with Gasteiger partial charge in [0.15, 0.2) is 22.2 Å². The van der Waals surface area contributed by atoms with E-state index in [0.29, 0.717) is 29.0 Å². The van der Waals surface area contributed by atoms with E-state index in [0.717, 1.165) is 21.6 Å². The number of ketones is 1. The van der Waals surface area contributed by atoms with E-state index in [-0.39, 0.29) is 29.3 Å². The molecular weight excluding hydrogens is 552 g/mol. The number of fused-ring (bicyclic) bond motifs is 1. The molecule has 0 bridgehead atoms. The van der Waals surface area contributed by atoms with E-state index in [2.05, 4.69) is 15.1 Å². The predicted octanol–water partition coefficient (Wildman–Crippen LogP) is 4.14. The van der Waals surface area contributed by atoms with Gasteiger partial charge in [-0.1, -0.05) is 42.5 Å². The minimum atomic E-state index is -1.29. The Hall–Kier alpha value is -4.87. The second kappa shape index (κ2) is 12.8. The number of methoxy groups -OCH3 is 2. The molecule has 5 rings (SSSR count). The van der Waals surface area contributed by atoms with Crippen molar-refractivity contribution < 1.29 is 18.8 Å². The summed E-state index contributed by atoms with van der Waals surface area (Å²) in [5.41, 5.74) is 15.3. The van der Waals surface area contributed by atoms with Gasteiger partial charge < -0.3 is 25.5 Å². The number of aromatic nitrogens is 2. The van der Waals surface area contributed by atoms with Gasteiger partial charge in [-0.15, -0.1) is 0 Å². The Morgan fingerprint density at radius 3 is 2.57 bits per heavy atom. The molecule has 0 saturated heterocycles. The van der Waals surface area contributed by atoms with Gasteiger partial charge in [-0.2, -0.15) is 10.1 Å². The largest absolute Gasteiger partial charge is 0.611 e. The SMILES string of the molecule is COc1cc(Cc2cnc(N)nc2N)cc(C(=O)/C=C/N2N=Cc3ccccc3C2C[S+]([O-])c2ccccc2)c1OC. The highest BCUT2D eigenvalue weighted by Crippen LogP contribution is 2.35. The second-order valence-electron chi connectivity index (χ2n) is 9.47. The van der Waals surface area contributed by atoms with E-state index >= 15 is 0 Å². The molecule has 0 radical (unpaired) electrons. The Morgan fingerprint density at radius 2 is 1.83 bits per heavy atom. The first-order chi connectivity index (χ1) is 20.4. The van der Waals surface area contributed by atoms with E-state index in [9.17, 15) is 9.35 Å². The Morgan fingerprint density at radius 1 is 1.07 bits per heavy atom. The van der Waals surface area contributed by atoms with E-state index in [1.54, 1.807) is 35.8 Å². The number of hydrazone groups is 1. The zero-order chi connectivity index (χ0) is 29.6. The van der Waals surface area contributed by atoms with Gasteiger partial charge in [0.25, 0.3) is 0 Å². The standard InChI is InChI=1S/C31H30N6O4S/c1-40-28-16-20(14-22-17-34-31(33)36-30(22)32)15-25(29(28)41-2)27(38)12-13-37-26(19-42(39)23-9-4-3-5-10-23)24-11-7-6-8-21(24)18-35-37/h3-13,15-18,26H,14,19H2,1-2H3,(H4,32,33,34,36)/b13-12+. The zero-order valence-corrected chi connectivity index (χ0v) is 24.0. The van der Waals surface area contributed by atoms with Crippen LogP contribution in [0.25, 0.3) is 0 Å². The van der Waals surface area contributed by atoms with Crippen molar-refractivity contribution in [3.05, 3.63) is 113 Å². The molecule has 0 aliphatic carbocycles. The lowest BCUT2D eigenvalue weighted by Gasteiger charge is -2.31. The molecule has 0 saturated carbocycles. The van der Waals surface area contributed by atoms with Crippen LogP contribution in [0.2, 0.25) is 0 Å². The van der Waals surface area contributed by atoms with Gasteiger partial charge in [-0.3, -0.25) is 9.80 Å². The molecule has 2 unspecified atom stereocenters. The molecule has 0 amide bonds. The monoisotopic (exact) mass is 582 g/mol. The van der Waals surface area contributed by atoms with Gasteiger partial charge in [-0.25, -0.2) is 4.98 Å². The molecule has 1 aromatic heterocycles. The number of anilines is 2. The summed E-state index contributed by atoms with van der Waals surface area (Å²) in [4.78, 5) is 22.4. The predicted molar refractivity (Wildman–Crippen MR) is 163 cm³/mol. The summed E-state index contributed by atoms with van der Waals surface area (Å²) in [6.45, 7) is 0. The average molecular weight is 583 g/mol.